The van der Waals surface area contributed by atoms with Gasteiger partial charge in [0.05, 0.1) is 22.6 Å². The Balaban J connectivity index is 1.76. The molecule has 0 bridgehead atoms. The van der Waals surface area contributed by atoms with Gasteiger partial charge >= 0.3 is 0 Å². The minimum atomic E-state index is -0.601. The number of fused-ring (bicyclic) bond motifs is 1. The van der Waals surface area contributed by atoms with Crippen LogP contribution >= 0.6 is 23.1 Å². The fourth-order valence-corrected chi connectivity index (χ4v) is 4.78. The second kappa shape index (κ2) is 7.58. The van der Waals surface area contributed by atoms with E-state index in [9.17, 15) is 20.0 Å². The average Bonchev–Trinajstić information content (AvgIpc) is 3.14. The predicted molar refractivity (Wildman–Crippen MR) is 94.9 cm³/mol. The summed E-state index contributed by atoms with van der Waals surface area (Å²) < 4.78 is 5.82. The van der Waals surface area contributed by atoms with Gasteiger partial charge in [0.1, 0.15) is 11.1 Å². The number of aryl methyl sites for hydroxylation is 1. The van der Waals surface area contributed by atoms with Crippen molar-refractivity contribution in [2.24, 2.45) is 7.05 Å². The van der Waals surface area contributed by atoms with E-state index >= 15 is 0 Å². The zero-order valence-electron chi connectivity index (χ0n) is 14.9. The highest BCUT2D eigenvalue weighted by Gasteiger charge is 2.28. The smallest absolute Gasteiger partial charge is 0.291 e. The monoisotopic (exact) mass is 407 g/mol. The molecule has 0 aliphatic carbocycles. The summed E-state index contributed by atoms with van der Waals surface area (Å²) in [6.07, 6.45) is 0.588. The molecule has 0 saturated heterocycles. The third-order valence-electron chi connectivity index (χ3n) is 4.22. The van der Waals surface area contributed by atoms with Gasteiger partial charge in [-0.15, -0.1) is 11.3 Å². The summed E-state index contributed by atoms with van der Waals surface area (Å²) in [5.41, 5.74) is 1.34. The number of hydrogen-bond acceptors (Lipinski definition) is 8. The van der Waals surface area contributed by atoms with Gasteiger partial charge in [0.2, 0.25) is 11.8 Å². The topological polar surface area (TPSA) is 126 Å². The van der Waals surface area contributed by atoms with E-state index in [-0.39, 0.29) is 16.8 Å². The van der Waals surface area contributed by atoms with Crippen molar-refractivity contribution >= 4 is 39.9 Å². The lowest BCUT2D eigenvalue weighted by atomic mass is 10.0. The average molecular weight is 407 g/mol. The third kappa shape index (κ3) is 3.77. The van der Waals surface area contributed by atoms with Crippen molar-refractivity contribution in [1.82, 2.24) is 10.2 Å². The molecule has 0 fully saturated rings. The van der Waals surface area contributed by atoms with Crippen molar-refractivity contribution in [2.75, 3.05) is 11.9 Å². The van der Waals surface area contributed by atoms with Gasteiger partial charge in [0.25, 0.3) is 5.03 Å². The van der Waals surface area contributed by atoms with Crippen molar-refractivity contribution in [3.8, 4) is 12.0 Å². The van der Waals surface area contributed by atoms with Gasteiger partial charge in [-0.25, -0.2) is 0 Å². The second-order valence-corrected chi connectivity index (χ2v) is 8.48. The Morgan fingerprint density at radius 3 is 2.89 bits per heavy atom. The quantitative estimate of drug-likeness (QED) is 0.579. The molecule has 27 heavy (non-hydrogen) atoms. The van der Waals surface area contributed by atoms with E-state index in [4.69, 9.17) is 0 Å². The fourth-order valence-electron chi connectivity index (χ4n) is 2.74. The first-order chi connectivity index (χ1) is 12.8. The largest absolute Gasteiger partial charge is 0.538 e. The maximum Gasteiger partial charge on any atom is 0.291 e. The zero-order chi connectivity index (χ0) is 19.7. The number of thiophene rings is 1. The molecular weight excluding hydrogens is 390 g/mol. The van der Waals surface area contributed by atoms with Gasteiger partial charge in [0.15, 0.2) is 13.0 Å². The Labute approximate surface area is 163 Å². The molecule has 142 valence electrons. The summed E-state index contributed by atoms with van der Waals surface area (Å²) in [6.45, 7) is 4.17. The standard InChI is InChI=1S/C16H17N5O4S2/c1-8(26-15-16(24)25-19-20(15)3)13(23)18-14-11(6-17)10-4-5-21(9(2)22)7-12(10)27-14/h8H,4-5,7H2,1-3H3,(H-,18,19,23,24). The van der Waals surface area contributed by atoms with Crippen LogP contribution in [0.5, 0.6) is 5.95 Å². The van der Waals surface area contributed by atoms with Crippen LogP contribution in [0.25, 0.3) is 0 Å². The Kier molecular flexibility index (Phi) is 5.38. The van der Waals surface area contributed by atoms with Crippen molar-refractivity contribution in [3.05, 3.63) is 16.0 Å². The first-order valence-corrected chi connectivity index (χ1v) is 9.82. The van der Waals surface area contributed by atoms with Crippen molar-refractivity contribution < 1.29 is 23.9 Å². The molecule has 0 aromatic carbocycles. The number of nitrogens with zero attached hydrogens (tertiary/aromatic N) is 4. The number of aromatic nitrogens is 2. The lowest BCUT2D eigenvalue weighted by Gasteiger charge is -2.25. The molecule has 1 aliphatic heterocycles. The number of rotatable bonds is 4. The predicted octanol–water partition coefficient (Wildman–Crippen LogP) is 0.530. The number of nitriles is 1. The van der Waals surface area contributed by atoms with Gasteiger partial charge in [-0.05, 0) is 30.7 Å². The van der Waals surface area contributed by atoms with E-state index < -0.39 is 11.2 Å². The lowest BCUT2D eigenvalue weighted by Crippen LogP contribution is -2.33. The number of carbonyl (C=O) groups excluding carboxylic acids is 2. The van der Waals surface area contributed by atoms with E-state index in [0.29, 0.717) is 30.1 Å². The van der Waals surface area contributed by atoms with Crippen LogP contribution in [-0.2, 0) is 29.6 Å². The minimum Gasteiger partial charge on any atom is -0.538 e. The van der Waals surface area contributed by atoms with Crippen LogP contribution < -0.4 is 15.1 Å². The summed E-state index contributed by atoms with van der Waals surface area (Å²) in [4.78, 5) is 26.8. The molecule has 1 atom stereocenters. The molecule has 0 spiro atoms. The highest BCUT2D eigenvalue weighted by molar-refractivity contribution is 8.00. The highest BCUT2D eigenvalue weighted by atomic mass is 32.2. The number of thioether (sulfide) groups is 1. The van der Waals surface area contributed by atoms with Crippen molar-refractivity contribution in [3.63, 3.8) is 0 Å². The first-order valence-electron chi connectivity index (χ1n) is 8.12. The molecule has 0 radical (unpaired) electrons. The number of carbonyl (C=O) groups is 2. The number of amides is 2. The highest BCUT2D eigenvalue weighted by Crippen LogP contribution is 2.37. The molecule has 11 heteroatoms. The van der Waals surface area contributed by atoms with E-state index in [1.54, 1.807) is 18.9 Å². The minimum absolute atomic E-state index is 0.0156. The van der Waals surface area contributed by atoms with Crippen molar-refractivity contribution in [1.29, 1.82) is 5.26 Å². The number of anilines is 1. The van der Waals surface area contributed by atoms with Crippen LogP contribution in [0.1, 0.15) is 29.9 Å². The number of hydrogen-bond donors (Lipinski definition) is 1. The molecular formula is C16H17N5O4S2. The van der Waals surface area contributed by atoms with Crippen LogP contribution in [0.4, 0.5) is 5.00 Å². The Bertz CT molecular complexity index is 926. The van der Waals surface area contributed by atoms with Crippen LogP contribution in [0.15, 0.2) is 9.55 Å². The molecule has 0 saturated carbocycles. The lowest BCUT2D eigenvalue weighted by molar-refractivity contribution is -0.772. The van der Waals surface area contributed by atoms with Gasteiger partial charge in [-0.2, -0.15) is 5.26 Å². The normalized spacial score (nSPS) is 14.4. The van der Waals surface area contributed by atoms with Gasteiger partial charge in [-0.1, -0.05) is 4.68 Å². The molecule has 2 aromatic rings. The van der Waals surface area contributed by atoms with E-state index in [1.165, 1.54) is 22.9 Å². The maximum absolute atomic E-state index is 12.6. The molecule has 2 amide bonds. The molecule has 1 N–H and O–H groups in total. The summed E-state index contributed by atoms with van der Waals surface area (Å²) in [7, 11) is 1.56. The Hall–Kier alpha value is -2.58. The fraction of sp³-hybridized carbons (Fsp3) is 0.438. The summed E-state index contributed by atoms with van der Waals surface area (Å²) >= 11 is 2.35. The third-order valence-corrected chi connectivity index (χ3v) is 6.58. The first kappa shape index (κ1) is 19.2. The maximum atomic E-state index is 12.6. The molecule has 3 rings (SSSR count). The second-order valence-electron chi connectivity index (χ2n) is 6.05. The van der Waals surface area contributed by atoms with E-state index in [2.05, 4.69) is 21.2 Å². The Morgan fingerprint density at radius 2 is 2.30 bits per heavy atom. The molecule has 1 unspecified atom stereocenters. The summed E-state index contributed by atoms with van der Waals surface area (Å²) in [5, 5.41) is 27.5. The van der Waals surface area contributed by atoms with Crippen LogP contribution in [0.2, 0.25) is 0 Å². The van der Waals surface area contributed by atoms with Crippen LogP contribution in [-0.4, -0.2) is 33.8 Å². The summed E-state index contributed by atoms with van der Waals surface area (Å²) in [6, 6.07) is 2.16. The van der Waals surface area contributed by atoms with E-state index in [0.717, 1.165) is 22.2 Å². The van der Waals surface area contributed by atoms with Gasteiger partial charge < -0.3 is 19.8 Å². The van der Waals surface area contributed by atoms with Crippen molar-refractivity contribution in [2.45, 2.75) is 37.1 Å². The molecule has 3 heterocycles. The van der Waals surface area contributed by atoms with Gasteiger partial charge in [-0.3, -0.25) is 9.59 Å². The van der Waals surface area contributed by atoms with Crippen LogP contribution in [0, 0.1) is 11.3 Å². The summed E-state index contributed by atoms with van der Waals surface area (Å²) in [5.74, 6) is -0.951. The number of nitrogens with one attached hydrogen (secondary N) is 1. The molecule has 1 aliphatic rings. The molecule has 9 nitrogen and oxygen atoms in total. The van der Waals surface area contributed by atoms with Crippen LogP contribution in [0.3, 0.4) is 0 Å². The Morgan fingerprint density at radius 1 is 1.56 bits per heavy atom. The molecule has 2 aromatic heterocycles. The van der Waals surface area contributed by atoms with Gasteiger partial charge in [0, 0.05) is 18.3 Å². The zero-order valence-corrected chi connectivity index (χ0v) is 16.6. The van der Waals surface area contributed by atoms with E-state index in [1.807, 2.05) is 0 Å². The SMILES string of the molecule is CC(=O)N1CCc2c(sc(NC(=O)C(C)Sc3c([O-])on[n+]3C)c2C#N)C1.